The van der Waals surface area contributed by atoms with Crippen LogP contribution < -0.4 is 15.2 Å². The molecule has 0 amide bonds. The van der Waals surface area contributed by atoms with E-state index in [-0.39, 0.29) is 17.9 Å². The van der Waals surface area contributed by atoms with Gasteiger partial charge in [-0.05, 0) is 47.6 Å². The van der Waals surface area contributed by atoms with E-state index in [2.05, 4.69) is 9.72 Å². The maximum absolute atomic E-state index is 13.0. The third kappa shape index (κ3) is 6.84. The quantitative estimate of drug-likeness (QED) is 0.289. The Bertz CT molecular complexity index is 1180. The Morgan fingerprint density at radius 3 is 2.36 bits per heavy atom. The number of aromatic nitrogens is 1. The third-order valence-electron chi connectivity index (χ3n) is 5.74. The number of hydrogen-bond donors (Lipinski definition) is 1. The highest BCUT2D eigenvalue weighted by atomic mass is 35.5. The van der Waals surface area contributed by atoms with Crippen LogP contribution in [-0.2, 0) is 16.0 Å². The van der Waals surface area contributed by atoms with Crippen molar-refractivity contribution in [1.82, 2.24) is 4.98 Å². The van der Waals surface area contributed by atoms with Crippen LogP contribution in [-0.4, -0.2) is 24.2 Å². The smallest absolute Gasteiger partial charge is 0.387 e. The molecular formula is C26H24Cl2F2N2O4. The Morgan fingerprint density at radius 1 is 1.03 bits per heavy atom. The van der Waals surface area contributed by atoms with Crippen molar-refractivity contribution in [3.8, 4) is 11.5 Å². The summed E-state index contributed by atoms with van der Waals surface area (Å²) in [6, 6.07) is 12.1. The molecule has 10 heteroatoms. The molecule has 2 unspecified atom stereocenters. The van der Waals surface area contributed by atoms with Crippen molar-refractivity contribution in [1.29, 1.82) is 0 Å². The third-order valence-corrected chi connectivity index (χ3v) is 6.39. The fraction of sp³-hybridized carbons (Fsp3) is 0.308. The molecule has 1 aliphatic rings. The first-order chi connectivity index (χ1) is 17.3. The van der Waals surface area contributed by atoms with Crippen LogP contribution in [0.25, 0.3) is 0 Å². The molecule has 2 aromatic carbocycles. The second-order valence-corrected chi connectivity index (χ2v) is 9.25. The lowest BCUT2D eigenvalue weighted by atomic mass is 10.0. The lowest BCUT2D eigenvalue weighted by molar-refractivity contribution is -0.151. The first-order valence-electron chi connectivity index (χ1n) is 11.3. The summed E-state index contributed by atoms with van der Waals surface area (Å²) in [5.41, 5.74) is 7.71. The van der Waals surface area contributed by atoms with Gasteiger partial charge in [-0.15, -0.1) is 0 Å². The molecule has 190 valence electrons. The van der Waals surface area contributed by atoms with Crippen molar-refractivity contribution in [2.75, 3.05) is 6.61 Å². The van der Waals surface area contributed by atoms with E-state index >= 15 is 0 Å². The number of nitrogens with two attached hydrogens (primary N) is 1. The zero-order valence-corrected chi connectivity index (χ0v) is 20.6. The van der Waals surface area contributed by atoms with Gasteiger partial charge in [0.15, 0.2) is 11.5 Å². The number of carbonyl (C=O) groups excluding carboxylic acids is 1. The number of rotatable bonds is 11. The molecule has 0 spiro atoms. The van der Waals surface area contributed by atoms with E-state index in [1.807, 2.05) is 6.07 Å². The highest BCUT2D eigenvalue weighted by molar-refractivity contribution is 6.35. The Morgan fingerprint density at radius 2 is 1.72 bits per heavy atom. The summed E-state index contributed by atoms with van der Waals surface area (Å²) in [4.78, 5) is 17.0. The SMILES string of the molecule is NC(C(=O)OC(Cc1c(Cl)cncc1Cl)c1ccc(OC(F)F)c(OCC2CC2)c1)c1ccccc1. The molecule has 1 heterocycles. The van der Waals surface area contributed by atoms with Crippen LogP contribution in [0.1, 0.15) is 41.7 Å². The van der Waals surface area contributed by atoms with Gasteiger partial charge < -0.3 is 19.9 Å². The van der Waals surface area contributed by atoms with E-state index in [4.69, 9.17) is 38.4 Å². The van der Waals surface area contributed by atoms with Gasteiger partial charge in [-0.2, -0.15) is 8.78 Å². The fourth-order valence-corrected chi connectivity index (χ4v) is 4.10. The maximum Gasteiger partial charge on any atom is 0.387 e. The molecule has 0 radical (unpaired) electrons. The Balaban J connectivity index is 1.66. The molecule has 3 aromatic rings. The topological polar surface area (TPSA) is 83.7 Å². The number of pyridine rings is 1. The van der Waals surface area contributed by atoms with Gasteiger partial charge in [0.2, 0.25) is 0 Å². The summed E-state index contributed by atoms with van der Waals surface area (Å²) in [6.07, 6.45) is 4.07. The van der Waals surface area contributed by atoms with E-state index in [0.29, 0.717) is 39.3 Å². The highest BCUT2D eigenvalue weighted by Gasteiger charge is 2.27. The second-order valence-electron chi connectivity index (χ2n) is 8.44. The number of esters is 1. The second kappa shape index (κ2) is 11.9. The van der Waals surface area contributed by atoms with Gasteiger partial charge >= 0.3 is 12.6 Å². The standard InChI is InChI=1S/C26H24Cl2F2N2O4/c27-19-12-32-13-20(28)18(19)11-22(35-25(33)24(31)16-4-2-1-3-5-16)17-8-9-21(36-26(29)30)23(10-17)34-14-15-6-7-15/h1-5,8-10,12-13,15,22,24,26H,6-7,11,14,31H2. The van der Waals surface area contributed by atoms with Crippen molar-refractivity contribution in [2.24, 2.45) is 11.7 Å². The minimum Gasteiger partial charge on any atom is -0.489 e. The maximum atomic E-state index is 13.0. The fourth-order valence-electron chi connectivity index (χ4n) is 3.58. The van der Waals surface area contributed by atoms with E-state index in [1.165, 1.54) is 30.6 Å². The Labute approximate surface area is 217 Å². The van der Waals surface area contributed by atoms with E-state index in [0.717, 1.165) is 12.8 Å². The van der Waals surface area contributed by atoms with Gasteiger partial charge in [0.25, 0.3) is 0 Å². The number of ether oxygens (including phenoxy) is 3. The van der Waals surface area contributed by atoms with Crippen LogP contribution >= 0.6 is 23.2 Å². The van der Waals surface area contributed by atoms with Crippen LogP contribution in [0.5, 0.6) is 11.5 Å². The van der Waals surface area contributed by atoms with Gasteiger partial charge in [0.05, 0.1) is 16.7 Å². The minimum atomic E-state index is -3.02. The van der Waals surface area contributed by atoms with Crippen LogP contribution in [0.3, 0.4) is 0 Å². The van der Waals surface area contributed by atoms with Crippen molar-refractivity contribution >= 4 is 29.2 Å². The average Bonchev–Trinajstić information content (AvgIpc) is 3.69. The Hall–Kier alpha value is -2.94. The van der Waals surface area contributed by atoms with Gasteiger partial charge in [0.1, 0.15) is 12.1 Å². The monoisotopic (exact) mass is 536 g/mol. The number of nitrogens with zero attached hydrogens (tertiary/aromatic N) is 1. The molecule has 0 aliphatic heterocycles. The van der Waals surface area contributed by atoms with Gasteiger partial charge in [-0.1, -0.05) is 59.6 Å². The molecule has 0 bridgehead atoms. The van der Waals surface area contributed by atoms with Crippen molar-refractivity contribution in [3.05, 3.63) is 87.7 Å². The molecule has 2 atom stereocenters. The van der Waals surface area contributed by atoms with Crippen molar-refractivity contribution in [3.63, 3.8) is 0 Å². The number of alkyl halides is 2. The summed E-state index contributed by atoms with van der Waals surface area (Å²) < 4.78 is 42.2. The van der Waals surface area contributed by atoms with Crippen LogP contribution in [0.15, 0.2) is 60.9 Å². The van der Waals surface area contributed by atoms with E-state index in [9.17, 15) is 13.6 Å². The number of halogens is 4. The number of hydrogen-bond acceptors (Lipinski definition) is 6. The van der Waals surface area contributed by atoms with Crippen molar-refractivity contribution < 1.29 is 27.8 Å². The predicted octanol–water partition coefficient (Wildman–Crippen LogP) is 6.31. The summed E-state index contributed by atoms with van der Waals surface area (Å²) in [5.74, 6) is -0.290. The molecule has 1 aromatic heterocycles. The van der Waals surface area contributed by atoms with E-state index < -0.39 is 24.7 Å². The molecular weight excluding hydrogens is 513 g/mol. The highest BCUT2D eigenvalue weighted by Crippen LogP contribution is 2.38. The zero-order valence-electron chi connectivity index (χ0n) is 19.1. The lowest BCUT2D eigenvalue weighted by Crippen LogP contribution is -2.26. The first-order valence-corrected chi connectivity index (χ1v) is 12.1. The molecule has 2 N–H and O–H groups in total. The largest absolute Gasteiger partial charge is 0.489 e. The molecule has 1 saturated carbocycles. The van der Waals surface area contributed by atoms with Crippen LogP contribution in [0.2, 0.25) is 10.0 Å². The summed E-state index contributed by atoms with van der Waals surface area (Å²) in [7, 11) is 0. The molecule has 4 rings (SSSR count). The molecule has 1 aliphatic carbocycles. The van der Waals surface area contributed by atoms with Crippen LogP contribution in [0.4, 0.5) is 8.78 Å². The molecule has 1 fully saturated rings. The lowest BCUT2D eigenvalue weighted by Gasteiger charge is -2.23. The number of benzene rings is 2. The summed E-state index contributed by atoms with van der Waals surface area (Å²) in [6.45, 7) is -2.65. The molecule has 0 saturated heterocycles. The first kappa shape index (κ1) is 26.1. The van der Waals surface area contributed by atoms with Crippen LogP contribution in [0, 0.1) is 5.92 Å². The van der Waals surface area contributed by atoms with Gasteiger partial charge in [-0.3, -0.25) is 4.98 Å². The Kier molecular flexibility index (Phi) is 8.61. The average molecular weight is 537 g/mol. The minimum absolute atomic E-state index is 0.0878. The number of carbonyl (C=O) groups is 1. The van der Waals surface area contributed by atoms with E-state index in [1.54, 1.807) is 24.3 Å². The predicted molar refractivity (Wildman–Crippen MR) is 131 cm³/mol. The molecule has 6 nitrogen and oxygen atoms in total. The van der Waals surface area contributed by atoms with Crippen molar-refractivity contribution in [2.45, 2.75) is 38.0 Å². The summed E-state index contributed by atoms with van der Waals surface area (Å²) in [5, 5.41) is 0.581. The molecule has 36 heavy (non-hydrogen) atoms. The zero-order chi connectivity index (χ0) is 25.7. The normalized spacial score (nSPS) is 14.8. The van der Waals surface area contributed by atoms with Gasteiger partial charge in [-0.25, -0.2) is 4.79 Å². The van der Waals surface area contributed by atoms with Gasteiger partial charge in [0, 0.05) is 18.8 Å². The summed E-state index contributed by atoms with van der Waals surface area (Å²) >= 11 is 12.6.